The van der Waals surface area contributed by atoms with Crippen molar-refractivity contribution in [3.63, 3.8) is 0 Å². The first-order valence-corrected chi connectivity index (χ1v) is 8.59. The molecule has 0 N–H and O–H groups in total. The van der Waals surface area contributed by atoms with Gasteiger partial charge in [-0.2, -0.15) is 0 Å². The molecule has 0 aliphatic carbocycles. The van der Waals surface area contributed by atoms with Crippen molar-refractivity contribution in [2.45, 2.75) is 6.61 Å². The molecule has 4 aromatic rings. The third-order valence-electron chi connectivity index (χ3n) is 4.31. The number of ether oxygens (including phenoxy) is 1. The molecule has 0 spiro atoms. The normalized spacial score (nSPS) is 10.7. The lowest BCUT2D eigenvalue weighted by molar-refractivity contribution is -0.384. The summed E-state index contributed by atoms with van der Waals surface area (Å²) in [4.78, 5) is 22.8. The quantitative estimate of drug-likeness (QED) is 0.365. The Balaban J connectivity index is 1.57. The van der Waals surface area contributed by atoms with E-state index in [0.29, 0.717) is 22.5 Å². The van der Waals surface area contributed by atoms with E-state index in [1.54, 1.807) is 30.3 Å². The van der Waals surface area contributed by atoms with E-state index in [0.717, 1.165) is 11.1 Å². The number of rotatable bonds is 5. The Hall–Kier alpha value is -3.93. The molecule has 0 aliphatic rings. The van der Waals surface area contributed by atoms with Gasteiger partial charge in [0, 0.05) is 23.8 Å². The highest BCUT2D eigenvalue weighted by Gasteiger charge is 2.09. The van der Waals surface area contributed by atoms with Crippen LogP contribution in [0.5, 0.6) is 5.75 Å². The maximum absolute atomic E-state index is 12.5. The molecular formula is C22H15NO5. The second kappa shape index (κ2) is 7.36. The van der Waals surface area contributed by atoms with Crippen LogP contribution in [0.25, 0.3) is 22.3 Å². The van der Waals surface area contributed by atoms with Crippen molar-refractivity contribution in [2.24, 2.45) is 0 Å². The third kappa shape index (κ3) is 3.61. The highest BCUT2D eigenvalue weighted by molar-refractivity contribution is 5.80. The topological polar surface area (TPSA) is 82.6 Å². The van der Waals surface area contributed by atoms with E-state index in [1.165, 1.54) is 18.2 Å². The van der Waals surface area contributed by atoms with Crippen molar-refractivity contribution in [1.82, 2.24) is 0 Å². The molecule has 28 heavy (non-hydrogen) atoms. The van der Waals surface area contributed by atoms with Crippen LogP contribution in [-0.4, -0.2) is 4.92 Å². The number of hydrogen-bond acceptors (Lipinski definition) is 5. The average Bonchev–Trinajstić information content (AvgIpc) is 2.73. The lowest BCUT2D eigenvalue weighted by atomic mass is 10.1. The number of hydrogen-bond donors (Lipinski definition) is 0. The zero-order chi connectivity index (χ0) is 19.5. The summed E-state index contributed by atoms with van der Waals surface area (Å²) in [6.07, 6.45) is 0. The van der Waals surface area contributed by atoms with Gasteiger partial charge < -0.3 is 9.15 Å². The van der Waals surface area contributed by atoms with Gasteiger partial charge in [-0.1, -0.05) is 30.3 Å². The Morgan fingerprint density at radius 1 is 0.929 bits per heavy atom. The minimum absolute atomic E-state index is 0.0290. The standard InChI is InChI=1S/C22H15NO5/c24-20-13-22(16-4-2-1-3-5-16)28-21-11-10-18(12-19(20)21)27-14-15-6-8-17(9-7-15)23(25)26/h1-13H,14H2. The zero-order valence-electron chi connectivity index (χ0n) is 14.7. The molecule has 1 heterocycles. The van der Waals surface area contributed by atoms with E-state index >= 15 is 0 Å². The smallest absolute Gasteiger partial charge is 0.269 e. The van der Waals surface area contributed by atoms with Gasteiger partial charge in [0.1, 0.15) is 23.7 Å². The van der Waals surface area contributed by atoms with E-state index in [2.05, 4.69) is 0 Å². The fraction of sp³-hybridized carbons (Fsp3) is 0.0455. The SMILES string of the molecule is O=c1cc(-c2ccccc2)oc2ccc(OCc3ccc([N+](=O)[O-])cc3)cc12. The van der Waals surface area contributed by atoms with Crippen molar-refractivity contribution < 1.29 is 14.1 Å². The minimum Gasteiger partial charge on any atom is -0.489 e. The molecule has 1 aromatic heterocycles. The molecule has 0 unspecified atom stereocenters. The third-order valence-corrected chi connectivity index (χ3v) is 4.31. The molecule has 3 aromatic carbocycles. The molecule has 0 fully saturated rings. The molecule has 4 rings (SSSR count). The summed E-state index contributed by atoms with van der Waals surface area (Å²) in [5, 5.41) is 11.1. The van der Waals surface area contributed by atoms with Crippen LogP contribution in [-0.2, 0) is 6.61 Å². The van der Waals surface area contributed by atoms with Crippen molar-refractivity contribution >= 4 is 16.7 Å². The van der Waals surface area contributed by atoms with Crippen LogP contribution < -0.4 is 10.2 Å². The summed E-state index contributed by atoms with van der Waals surface area (Å²) in [6.45, 7) is 0.233. The fourth-order valence-corrected chi connectivity index (χ4v) is 2.85. The molecule has 0 aliphatic heterocycles. The van der Waals surface area contributed by atoms with E-state index < -0.39 is 4.92 Å². The molecule has 138 valence electrons. The lowest BCUT2D eigenvalue weighted by Crippen LogP contribution is -2.02. The van der Waals surface area contributed by atoms with Crippen LogP contribution in [0.3, 0.4) is 0 Å². The number of nitrogens with zero attached hydrogens (tertiary/aromatic N) is 1. The summed E-state index contributed by atoms with van der Waals surface area (Å²) in [7, 11) is 0. The Kier molecular flexibility index (Phi) is 4.60. The number of non-ortho nitro benzene ring substituents is 1. The van der Waals surface area contributed by atoms with Crippen LogP contribution in [0.2, 0.25) is 0 Å². The molecule has 6 nitrogen and oxygen atoms in total. The van der Waals surface area contributed by atoms with Gasteiger partial charge >= 0.3 is 0 Å². The Morgan fingerprint density at radius 3 is 2.39 bits per heavy atom. The number of fused-ring (bicyclic) bond motifs is 1. The predicted molar refractivity (Wildman–Crippen MR) is 105 cm³/mol. The van der Waals surface area contributed by atoms with Gasteiger partial charge in [0.15, 0.2) is 5.43 Å². The van der Waals surface area contributed by atoms with Gasteiger partial charge in [0.05, 0.1) is 10.3 Å². The summed E-state index contributed by atoms with van der Waals surface area (Å²) >= 11 is 0. The maximum atomic E-state index is 12.5. The highest BCUT2D eigenvalue weighted by Crippen LogP contribution is 2.25. The van der Waals surface area contributed by atoms with E-state index in [4.69, 9.17) is 9.15 Å². The maximum Gasteiger partial charge on any atom is 0.269 e. The van der Waals surface area contributed by atoms with Gasteiger partial charge in [-0.05, 0) is 35.9 Å². The lowest BCUT2D eigenvalue weighted by Gasteiger charge is -2.08. The predicted octanol–water partition coefficient (Wildman–Crippen LogP) is 4.95. The van der Waals surface area contributed by atoms with Crippen molar-refractivity contribution in [3.05, 3.63) is 105 Å². The summed E-state index contributed by atoms with van der Waals surface area (Å²) in [5.41, 5.74) is 1.98. The molecule has 0 saturated heterocycles. The molecule has 0 radical (unpaired) electrons. The Bertz CT molecular complexity index is 1200. The van der Waals surface area contributed by atoms with Gasteiger partial charge in [-0.3, -0.25) is 14.9 Å². The number of nitro benzene ring substituents is 1. The zero-order valence-corrected chi connectivity index (χ0v) is 14.7. The van der Waals surface area contributed by atoms with Crippen LogP contribution >= 0.6 is 0 Å². The van der Waals surface area contributed by atoms with Gasteiger partial charge in [0.2, 0.25) is 0 Å². The summed E-state index contributed by atoms with van der Waals surface area (Å²) in [5.74, 6) is 1.03. The monoisotopic (exact) mass is 373 g/mol. The fourth-order valence-electron chi connectivity index (χ4n) is 2.85. The van der Waals surface area contributed by atoms with Crippen LogP contribution in [0, 0.1) is 10.1 Å². The Morgan fingerprint density at radius 2 is 1.68 bits per heavy atom. The summed E-state index contributed by atoms with van der Waals surface area (Å²) < 4.78 is 11.6. The van der Waals surface area contributed by atoms with Crippen molar-refractivity contribution in [3.8, 4) is 17.1 Å². The minimum atomic E-state index is -0.447. The summed E-state index contributed by atoms with van der Waals surface area (Å²) in [6, 6.07) is 22.1. The first kappa shape index (κ1) is 17.5. The van der Waals surface area contributed by atoms with Crippen LogP contribution in [0.1, 0.15) is 5.56 Å². The van der Waals surface area contributed by atoms with Gasteiger partial charge in [-0.25, -0.2) is 0 Å². The average molecular weight is 373 g/mol. The van der Waals surface area contributed by atoms with Gasteiger partial charge in [0.25, 0.3) is 5.69 Å². The van der Waals surface area contributed by atoms with E-state index in [-0.39, 0.29) is 17.7 Å². The molecule has 0 atom stereocenters. The molecule has 6 heteroatoms. The Labute approximate surface area is 159 Å². The molecule has 0 bridgehead atoms. The largest absolute Gasteiger partial charge is 0.489 e. The molecule has 0 amide bonds. The van der Waals surface area contributed by atoms with Crippen LogP contribution in [0.15, 0.2) is 88.1 Å². The van der Waals surface area contributed by atoms with E-state index in [1.807, 2.05) is 30.3 Å². The molecule has 0 saturated carbocycles. The van der Waals surface area contributed by atoms with Crippen molar-refractivity contribution in [1.29, 1.82) is 0 Å². The number of benzene rings is 3. The van der Waals surface area contributed by atoms with Crippen LogP contribution in [0.4, 0.5) is 5.69 Å². The molecular weight excluding hydrogens is 358 g/mol. The first-order chi connectivity index (χ1) is 13.6. The highest BCUT2D eigenvalue weighted by atomic mass is 16.6. The number of nitro groups is 1. The second-order valence-corrected chi connectivity index (χ2v) is 6.21. The first-order valence-electron chi connectivity index (χ1n) is 8.59. The van der Waals surface area contributed by atoms with E-state index in [9.17, 15) is 14.9 Å². The van der Waals surface area contributed by atoms with Crippen molar-refractivity contribution in [2.75, 3.05) is 0 Å². The van der Waals surface area contributed by atoms with Gasteiger partial charge in [-0.15, -0.1) is 0 Å². The second-order valence-electron chi connectivity index (χ2n) is 6.21.